The molecule has 120 valence electrons. The van der Waals surface area contributed by atoms with Gasteiger partial charge in [-0.3, -0.25) is 4.98 Å². The van der Waals surface area contributed by atoms with Crippen molar-refractivity contribution in [2.24, 2.45) is 0 Å². The average molecular weight is 395 g/mol. The lowest BCUT2D eigenvalue weighted by Gasteiger charge is -2.22. The highest BCUT2D eigenvalue weighted by molar-refractivity contribution is 9.10. The molecule has 2 atom stereocenters. The lowest BCUT2D eigenvalue weighted by Crippen LogP contribution is -2.37. The van der Waals surface area contributed by atoms with E-state index in [1.54, 1.807) is 12.4 Å². The van der Waals surface area contributed by atoms with Gasteiger partial charge in [0.25, 0.3) is 0 Å². The minimum Gasteiger partial charge on any atom is -0.321 e. The van der Waals surface area contributed by atoms with Crippen LogP contribution in [0.15, 0.2) is 47.2 Å². The van der Waals surface area contributed by atoms with Crippen LogP contribution in [0.25, 0.3) is 0 Å². The molecule has 0 bridgehead atoms. The van der Waals surface area contributed by atoms with E-state index in [2.05, 4.69) is 45.3 Å². The van der Waals surface area contributed by atoms with Gasteiger partial charge < -0.3 is 10.2 Å². The van der Waals surface area contributed by atoms with Gasteiger partial charge in [0.1, 0.15) is 0 Å². The molecule has 0 unspecified atom stereocenters. The molecule has 3 rings (SSSR count). The molecule has 0 radical (unpaired) electrons. The first-order valence-electron chi connectivity index (χ1n) is 7.48. The Morgan fingerprint density at radius 1 is 1.35 bits per heavy atom. The molecule has 4 nitrogen and oxygen atoms in total. The number of urea groups is 1. The Labute approximate surface area is 149 Å². The Hall–Kier alpha value is -1.59. The third kappa shape index (κ3) is 3.51. The summed E-state index contributed by atoms with van der Waals surface area (Å²) >= 11 is 9.50. The molecule has 23 heavy (non-hydrogen) atoms. The monoisotopic (exact) mass is 393 g/mol. The summed E-state index contributed by atoms with van der Waals surface area (Å²) in [6.45, 7) is 2.78. The number of likely N-dealkylation sites (tertiary alicyclic amines) is 1. The molecule has 6 heteroatoms. The van der Waals surface area contributed by atoms with E-state index in [1.807, 2.05) is 23.1 Å². The minimum atomic E-state index is -0.141. The summed E-state index contributed by atoms with van der Waals surface area (Å²) in [7, 11) is 0. The molecule has 1 aliphatic rings. The van der Waals surface area contributed by atoms with Gasteiger partial charge in [-0.2, -0.15) is 0 Å². The maximum atomic E-state index is 12.6. The van der Waals surface area contributed by atoms with Crippen molar-refractivity contribution in [3.05, 3.63) is 57.8 Å². The second kappa shape index (κ2) is 6.89. The molecule has 0 aliphatic carbocycles. The van der Waals surface area contributed by atoms with Crippen molar-refractivity contribution in [2.75, 3.05) is 11.9 Å². The largest absolute Gasteiger partial charge is 0.322 e. The first-order chi connectivity index (χ1) is 11.1. The molecule has 1 fully saturated rings. The number of rotatable bonds is 2. The Kier molecular flexibility index (Phi) is 4.87. The van der Waals surface area contributed by atoms with Crippen molar-refractivity contribution < 1.29 is 4.79 Å². The van der Waals surface area contributed by atoms with E-state index in [4.69, 9.17) is 11.6 Å². The topological polar surface area (TPSA) is 45.2 Å². The van der Waals surface area contributed by atoms with Crippen molar-refractivity contribution in [3.63, 3.8) is 0 Å². The van der Waals surface area contributed by atoms with E-state index in [0.717, 1.165) is 6.42 Å². The Balaban J connectivity index is 1.72. The zero-order valence-electron chi connectivity index (χ0n) is 12.7. The standard InChI is InChI=1S/C17H17BrClN3O/c1-11-7-13(12-5-3-2-4-6-12)10-22(11)17(23)21-15-9-20-8-14(18)16(15)19/h2-6,8-9,11,13H,7,10H2,1H3,(H,21,23)/t11-,13+/m1/s1. The second-order valence-electron chi connectivity index (χ2n) is 5.76. The molecular weight excluding hydrogens is 378 g/mol. The molecule has 1 aromatic heterocycles. The molecule has 2 aromatic rings. The van der Waals surface area contributed by atoms with Crippen molar-refractivity contribution in [2.45, 2.75) is 25.3 Å². The zero-order valence-corrected chi connectivity index (χ0v) is 15.0. The van der Waals surface area contributed by atoms with Crippen molar-refractivity contribution in [1.82, 2.24) is 9.88 Å². The Morgan fingerprint density at radius 2 is 2.09 bits per heavy atom. The number of nitrogens with one attached hydrogen (secondary N) is 1. The fourth-order valence-electron chi connectivity index (χ4n) is 2.97. The van der Waals surface area contributed by atoms with Gasteiger partial charge in [-0.05, 0) is 34.8 Å². The number of nitrogens with zero attached hydrogens (tertiary/aromatic N) is 2. The number of aromatic nitrogens is 1. The van der Waals surface area contributed by atoms with Gasteiger partial charge in [0.2, 0.25) is 0 Å². The molecule has 2 heterocycles. The molecule has 2 amide bonds. The highest BCUT2D eigenvalue weighted by Crippen LogP contribution is 2.33. The van der Waals surface area contributed by atoms with Crippen LogP contribution in [-0.2, 0) is 0 Å². The third-order valence-corrected chi connectivity index (χ3v) is 5.42. The second-order valence-corrected chi connectivity index (χ2v) is 6.99. The summed E-state index contributed by atoms with van der Waals surface area (Å²) in [5.41, 5.74) is 1.79. The first-order valence-corrected chi connectivity index (χ1v) is 8.65. The molecule has 1 aromatic carbocycles. The predicted octanol–water partition coefficient (Wildman–Crippen LogP) is 4.91. The van der Waals surface area contributed by atoms with Gasteiger partial charge >= 0.3 is 6.03 Å². The number of hydrogen-bond acceptors (Lipinski definition) is 2. The number of benzene rings is 1. The van der Waals surface area contributed by atoms with Crippen molar-refractivity contribution >= 4 is 39.2 Å². The smallest absolute Gasteiger partial charge is 0.321 e. The van der Waals surface area contributed by atoms with E-state index in [1.165, 1.54) is 5.56 Å². The molecule has 1 aliphatic heterocycles. The van der Waals surface area contributed by atoms with Crippen LogP contribution in [0, 0.1) is 0 Å². The van der Waals surface area contributed by atoms with Crippen LogP contribution >= 0.6 is 27.5 Å². The number of hydrogen-bond donors (Lipinski definition) is 1. The van der Waals surface area contributed by atoms with Gasteiger partial charge in [0.05, 0.1) is 21.4 Å². The normalized spacial score (nSPS) is 20.6. The maximum Gasteiger partial charge on any atom is 0.322 e. The van der Waals surface area contributed by atoms with E-state index in [0.29, 0.717) is 27.6 Å². The number of pyridine rings is 1. The summed E-state index contributed by atoms with van der Waals surface area (Å²) in [5, 5.41) is 3.32. The van der Waals surface area contributed by atoms with Crippen molar-refractivity contribution in [1.29, 1.82) is 0 Å². The quantitative estimate of drug-likeness (QED) is 0.787. The van der Waals surface area contributed by atoms with Gasteiger partial charge in [-0.1, -0.05) is 41.9 Å². The van der Waals surface area contributed by atoms with Crippen LogP contribution in [-0.4, -0.2) is 28.5 Å². The molecule has 1 saturated heterocycles. The third-order valence-electron chi connectivity index (χ3n) is 4.19. The van der Waals surface area contributed by atoms with Crippen LogP contribution in [0.1, 0.15) is 24.8 Å². The summed E-state index contributed by atoms with van der Waals surface area (Å²) in [5.74, 6) is 0.369. The SMILES string of the molecule is C[C@@H]1C[C@H](c2ccccc2)CN1C(=O)Nc1cncc(Br)c1Cl. The van der Waals surface area contributed by atoms with Gasteiger partial charge in [-0.25, -0.2) is 4.79 Å². The zero-order chi connectivity index (χ0) is 16.4. The molecule has 0 spiro atoms. The van der Waals surface area contributed by atoms with Crippen LogP contribution < -0.4 is 5.32 Å². The minimum absolute atomic E-state index is 0.141. The van der Waals surface area contributed by atoms with Crippen LogP contribution in [0.4, 0.5) is 10.5 Å². The van der Waals surface area contributed by atoms with E-state index in [9.17, 15) is 4.79 Å². The van der Waals surface area contributed by atoms with E-state index in [-0.39, 0.29) is 12.1 Å². The van der Waals surface area contributed by atoms with Gasteiger partial charge in [0, 0.05) is 24.7 Å². The van der Waals surface area contributed by atoms with E-state index >= 15 is 0 Å². The van der Waals surface area contributed by atoms with Crippen molar-refractivity contribution in [3.8, 4) is 0 Å². The fraction of sp³-hybridized carbons (Fsp3) is 0.294. The Bertz CT molecular complexity index is 710. The summed E-state index contributed by atoms with van der Waals surface area (Å²) in [6.07, 6.45) is 4.12. The number of carbonyl (C=O) groups excluding carboxylic acids is 1. The van der Waals surface area contributed by atoms with Gasteiger partial charge in [0.15, 0.2) is 0 Å². The average Bonchev–Trinajstić information content (AvgIpc) is 2.95. The van der Waals surface area contributed by atoms with Crippen LogP contribution in [0.2, 0.25) is 5.02 Å². The van der Waals surface area contributed by atoms with Crippen LogP contribution in [0.5, 0.6) is 0 Å². The van der Waals surface area contributed by atoms with E-state index < -0.39 is 0 Å². The van der Waals surface area contributed by atoms with Gasteiger partial charge in [-0.15, -0.1) is 0 Å². The number of halogens is 2. The maximum absolute atomic E-state index is 12.6. The lowest BCUT2D eigenvalue weighted by molar-refractivity contribution is 0.209. The number of amides is 2. The summed E-state index contributed by atoms with van der Waals surface area (Å²) in [6, 6.07) is 10.4. The summed E-state index contributed by atoms with van der Waals surface area (Å²) < 4.78 is 0.661. The molecule has 0 saturated carbocycles. The highest BCUT2D eigenvalue weighted by atomic mass is 79.9. The number of carbonyl (C=O) groups is 1. The molecule has 1 N–H and O–H groups in total. The number of anilines is 1. The fourth-order valence-corrected chi connectivity index (χ4v) is 3.45. The lowest BCUT2D eigenvalue weighted by atomic mass is 9.97. The predicted molar refractivity (Wildman–Crippen MR) is 95.9 cm³/mol. The molecular formula is C17H17BrClN3O. The van der Waals surface area contributed by atoms with Crippen LogP contribution in [0.3, 0.4) is 0 Å². The highest BCUT2D eigenvalue weighted by Gasteiger charge is 2.33. The Morgan fingerprint density at radius 3 is 2.83 bits per heavy atom. The summed E-state index contributed by atoms with van der Waals surface area (Å²) in [4.78, 5) is 18.5. The first kappa shape index (κ1) is 16.3.